The highest BCUT2D eigenvalue weighted by Gasteiger charge is 2.27. The van der Waals surface area contributed by atoms with Gasteiger partial charge in [-0.2, -0.15) is 0 Å². The van der Waals surface area contributed by atoms with Crippen molar-refractivity contribution < 1.29 is 29.2 Å². The summed E-state index contributed by atoms with van der Waals surface area (Å²) in [7, 11) is 0. The Morgan fingerprint density at radius 3 is 1.05 bits per heavy atom. The lowest BCUT2D eigenvalue weighted by Gasteiger charge is -2.35. The van der Waals surface area contributed by atoms with Crippen molar-refractivity contribution in [3.05, 3.63) is 0 Å². The molecule has 1 aliphatic heterocycles. The van der Waals surface area contributed by atoms with Crippen molar-refractivity contribution in [3.63, 3.8) is 0 Å². The van der Waals surface area contributed by atoms with Gasteiger partial charge in [0.15, 0.2) is 0 Å². The quantitative estimate of drug-likeness (QED) is 0.155. The largest absolute Gasteiger partial charge is 0.396 e. The van der Waals surface area contributed by atoms with Crippen LogP contribution in [0.5, 0.6) is 0 Å². The fraction of sp³-hybridized carbons (Fsp3) is 1.00. The zero-order valence-corrected chi connectivity index (χ0v) is 29.6. The molecule has 8 nitrogen and oxygen atoms in total. The van der Waals surface area contributed by atoms with E-state index in [1.165, 1.54) is 77.0 Å². The van der Waals surface area contributed by atoms with Crippen LogP contribution in [0.15, 0.2) is 0 Å². The van der Waals surface area contributed by atoms with Crippen molar-refractivity contribution in [2.45, 2.75) is 118 Å². The van der Waals surface area contributed by atoms with Crippen molar-refractivity contribution in [1.82, 2.24) is 9.80 Å². The average Bonchev–Trinajstić information content (AvgIpc) is 3.02. The van der Waals surface area contributed by atoms with Gasteiger partial charge in [0.1, 0.15) is 0 Å². The summed E-state index contributed by atoms with van der Waals surface area (Å²) in [4.78, 5) is 4.78. The molecule has 1 rings (SSSR count). The van der Waals surface area contributed by atoms with Crippen LogP contribution in [0.4, 0.5) is 0 Å². The maximum absolute atomic E-state index is 10.3. The van der Waals surface area contributed by atoms with Gasteiger partial charge in [0.05, 0.1) is 52.9 Å². The molecule has 2 atom stereocenters. The molecule has 0 aliphatic carbocycles. The highest BCUT2D eigenvalue weighted by Crippen LogP contribution is 2.27. The molecule has 8 heteroatoms. The summed E-state index contributed by atoms with van der Waals surface area (Å²) in [5.74, 6) is 0. The van der Waals surface area contributed by atoms with Crippen LogP contribution in [0.1, 0.15) is 118 Å². The summed E-state index contributed by atoms with van der Waals surface area (Å²) >= 11 is 0. The maximum Gasteiger partial charge on any atom is 0.0701 e. The van der Waals surface area contributed by atoms with Crippen LogP contribution in [0.2, 0.25) is 0 Å². The summed E-state index contributed by atoms with van der Waals surface area (Å²) in [6.45, 7) is 19.2. The third-order valence-electron chi connectivity index (χ3n) is 9.19. The summed E-state index contributed by atoms with van der Waals surface area (Å²) in [5.41, 5.74) is -0.221. The molecule has 0 saturated carbocycles. The van der Waals surface area contributed by atoms with E-state index in [4.69, 9.17) is 18.9 Å². The maximum atomic E-state index is 10.3. The highest BCUT2D eigenvalue weighted by molar-refractivity contribution is 4.79. The smallest absolute Gasteiger partial charge is 0.0701 e. The minimum absolute atomic E-state index is 0.111. The van der Waals surface area contributed by atoms with E-state index in [1.54, 1.807) is 0 Å². The van der Waals surface area contributed by atoms with Crippen molar-refractivity contribution in [2.75, 3.05) is 105 Å². The summed E-state index contributed by atoms with van der Waals surface area (Å²) < 4.78 is 23.8. The number of rotatable bonds is 20. The van der Waals surface area contributed by atoms with Gasteiger partial charge in [-0.1, -0.05) is 105 Å². The van der Waals surface area contributed by atoms with Crippen molar-refractivity contribution >= 4 is 0 Å². The number of hydrogen-bond donors (Lipinski definition) is 2. The van der Waals surface area contributed by atoms with Gasteiger partial charge in [-0.3, -0.25) is 9.80 Å². The van der Waals surface area contributed by atoms with Crippen molar-refractivity contribution in [1.29, 1.82) is 0 Å². The number of ether oxygens (including phenoxy) is 4. The van der Waals surface area contributed by atoms with E-state index >= 15 is 0 Å². The zero-order chi connectivity index (χ0) is 32.2. The fourth-order valence-corrected chi connectivity index (χ4v) is 6.12. The van der Waals surface area contributed by atoms with Crippen LogP contribution in [0.3, 0.4) is 0 Å². The van der Waals surface area contributed by atoms with Crippen LogP contribution in [-0.4, -0.2) is 125 Å². The molecule has 0 bridgehead atoms. The number of nitrogens with zero attached hydrogens (tertiary/aromatic N) is 2. The molecule has 44 heavy (non-hydrogen) atoms. The van der Waals surface area contributed by atoms with E-state index in [0.29, 0.717) is 52.9 Å². The molecule has 0 aromatic carbocycles. The summed E-state index contributed by atoms with van der Waals surface area (Å²) in [6, 6.07) is 0. The van der Waals surface area contributed by atoms with E-state index in [1.807, 2.05) is 0 Å². The predicted octanol–water partition coefficient (Wildman–Crippen LogP) is 6.17. The third-order valence-corrected chi connectivity index (χ3v) is 9.19. The number of unbranched alkanes of at least 4 members (excludes halogenated alkanes) is 10. The van der Waals surface area contributed by atoms with Crippen LogP contribution in [0.25, 0.3) is 0 Å². The summed E-state index contributed by atoms with van der Waals surface area (Å²) in [5, 5.41) is 20.5. The Labute approximate surface area is 272 Å². The van der Waals surface area contributed by atoms with Gasteiger partial charge in [0, 0.05) is 63.3 Å². The number of aliphatic hydroxyl groups excluding tert-OH is 2. The van der Waals surface area contributed by atoms with E-state index < -0.39 is 0 Å². The monoisotopic (exact) mass is 631 g/mol. The molecule has 0 aromatic heterocycles. The van der Waals surface area contributed by atoms with Gasteiger partial charge in [-0.25, -0.2) is 0 Å². The first-order valence-corrected chi connectivity index (χ1v) is 18.4. The Morgan fingerprint density at radius 1 is 0.455 bits per heavy atom. The minimum atomic E-state index is -0.111. The molecular formula is C36H74N2O6. The lowest BCUT2D eigenvalue weighted by atomic mass is 9.84. The Morgan fingerprint density at radius 2 is 0.750 bits per heavy atom. The number of aliphatic hydroxyl groups is 2. The van der Waals surface area contributed by atoms with Crippen molar-refractivity contribution in [3.8, 4) is 0 Å². The first-order valence-electron chi connectivity index (χ1n) is 18.4. The molecular weight excluding hydrogens is 556 g/mol. The normalized spacial score (nSPS) is 20.9. The van der Waals surface area contributed by atoms with Gasteiger partial charge in [-0.05, 0) is 12.8 Å². The second-order valence-corrected chi connectivity index (χ2v) is 14.0. The van der Waals surface area contributed by atoms with E-state index in [0.717, 1.165) is 52.1 Å². The van der Waals surface area contributed by atoms with E-state index in [2.05, 4.69) is 37.5 Å². The molecule has 1 aliphatic rings. The van der Waals surface area contributed by atoms with Gasteiger partial charge < -0.3 is 29.2 Å². The molecule has 1 heterocycles. The molecule has 2 unspecified atom stereocenters. The molecule has 0 aromatic rings. The third kappa shape index (κ3) is 22.2. The molecule has 264 valence electrons. The van der Waals surface area contributed by atoms with Crippen LogP contribution < -0.4 is 0 Å². The topological polar surface area (TPSA) is 83.9 Å². The minimum Gasteiger partial charge on any atom is -0.396 e. The molecule has 0 radical (unpaired) electrons. The van der Waals surface area contributed by atoms with Crippen molar-refractivity contribution in [2.24, 2.45) is 10.8 Å². The van der Waals surface area contributed by atoms with Gasteiger partial charge >= 0.3 is 0 Å². The van der Waals surface area contributed by atoms with Crippen LogP contribution in [-0.2, 0) is 18.9 Å². The predicted molar refractivity (Wildman–Crippen MR) is 183 cm³/mol. The molecule has 0 spiro atoms. The number of hydrogen-bond acceptors (Lipinski definition) is 8. The Kier molecular flexibility index (Phi) is 26.3. The Hall–Kier alpha value is -0.320. The molecule has 1 fully saturated rings. The average molecular weight is 631 g/mol. The second kappa shape index (κ2) is 27.8. The van der Waals surface area contributed by atoms with Gasteiger partial charge in [0.25, 0.3) is 0 Å². The van der Waals surface area contributed by atoms with E-state index in [9.17, 15) is 10.2 Å². The standard InChI is InChI=1S/C36H74N2O6/c1-5-7-9-11-13-15-17-35(3,33-39)31-37-19-23-41-27-29-43-25-21-38(22-26-44-30-28-42-24-20-37)32-36(4,34-40)18-16-14-12-10-8-6-2/h39-40H,5-34H2,1-4H3. The Balaban J connectivity index is 2.52. The summed E-state index contributed by atoms with van der Waals surface area (Å²) in [6.07, 6.45) is 17.4. The first kappa shape index (κ1) is 41.7. The SMILES string of the molecule is CCCCCCCCC(C)(CO)CN1CCOCCOCCN(CC(C)(CO)CCCCCCCC)CCOCCOCC1. The van der Waals surface area contributed by atoms with Gasteiger partial charge in [0.2, 0.25) is 0 Å². The van der Waals surface area contributed by atoms with E-state index in [-0.39, 0.29) is 24.0 Å². The van der Waals surface area contributed by atoms with Crippen LogP contribution >= 0.6 is 0 Å². The van der Waals surface area contributed by atoms with Crippen LogP contribution in [0, 0.1) is 10.8 Å². The van der Waals surface area contributed by atoms with Gasteiger partial charge in [-0.15, -0.1) is 0 Å². The first-order chi connectivity index (χ1) is 21.4. The molecule has 0 amide bonds. The second-order valence-electron chi connectivity index (χ2n) is 14.0. The lowest BCUT2D eigenvalue weighted by molar-refractivity contribution is -0.00835. The fourth-order valence-electron chi connectivity index (χ4n) is 6.12. The lowest BCUT2D eigenvalue weighted by Crippen LogP contribution is -2.42. The Bertz CT molecular complexity index is 557. The zero-order valence-electron chi connectivity index (χ0n) is 29.6. The highest BCUT2D eigenvalue weighted by atomic mass is 16.5. The molecule has 2 N–H and O–H groups in total. The molecule has 1 saturated heterocycles.